The number of hydrogen-bond acceptors (Lipinski definition) is 2. The van der Waals surface area contributed by atoms with Crippen LogP contribution in [0.25, 0.3) is 0 Å². The highest BCUT2D eigenvalue weighted by atomic mass is 14.9. The average molecular weight is 280 g/mol. The van der Waals surface area contributed by atoms with Crippen LogP contribution in [0, 0.1) is 0 Å². The van der Waals surface area contributed by atoms with E-state index in [0.29, 0.717) is 11.5 Å². The fourth-order valence-electron chi connectivity index (χ4n) is 3.63. The van der Waals surface area contributed by atoms with Crippen LogP contribution in [0.4, 0.5) is 0 Å². The van der Waals surface area contributed by atoms with Gasteiger partial charge >= 0.3 is 0 Å². The van der Waals surface area contributed by atoms with Gasteiger partial charge in [0.2, 0.25) is 0 Å². The Kier molecular flexibility index (Phi) is 4.35. The lowest BCUT2D eigenvalue weighted by molar-refractivity contribution is 0.169. The topological polar surface area (TPSA) is 24.9 Å². The molecule has 0 radical (unpaired) electrons. The van der Waals surface area contributed by atoms with E-state index in [0.717, 1.165) is 13.0 Å². The molecule has 2 nitrogen and oxygen atoms in total. The van der Waals surface area contributed by atoms with Gasteiger partial charge in [0.25, 0.3) is 0 Å². The molecule has 0 saturated heterocycles. The van der Waals surface area contributed by atoms with Crippen LogP contribution in [-0.2, 0) is 11.8 Å². The molecule has 1 heterocycles. The van der Waals surface area contributed by atoms with E-state index in [1.807, 2.05) is 12.4 Å². The van der Waals surface area contributed by atoms with Crippen molar-refractivity contribution in [2.75, 3.05) is 6.54 Å². The zero-order valence-corrected chi connectivity index (χ0v) is 12.8. The normalized spacial score (nSPS) is 18.0. The van der Waals surface area contributed by atoms with Crippen LogP contribution in [-0.4, -0.2) is 17.6 Å². The Hall–Kier alpha value is -1.67. The minimum absolute atomic E-state index is 0.306. The van der Waals surface area contributed by atoms with Crippen LogP contribution < -0.4 is 5.32 Å². The molecule has 1 aromatic carbocycles. The third kappa shape index (κ3) is 2.86. The number of likely N-dealkylation sites (N-methyl/N-ethyl adjacent to an activating group) is 1. The smallest absolute Gasteiger partial charge is 0.0270 e. The van der Waals surface area contributed by atoms with Crippen LogP contribution in [0.2, 0.25) is 0 Å². The standard InChI is InChI=1S/C19H24N2/c1-2-21-18(15-16-9-13-20-14-10-16)19(11-6-12-19)17-7-4-3-5-8-17/h3-5,7-10,13-14,18,21H,2,6,11-12,15H2,1H3. The summed E-state index contributed by atoms with van der Waals surface area (Å²) in [5.74, 6) is 0. The van der Waals surface area contributed by atoms with E-state index in [1.165, 1.54) is 30.4 Å². The van der Waals surface area contributed by atoms with Crippen molar-refractivity contribution in [1.29, 1.82) is 0 Å². The lowest BCUT2D eigenvalue weighted by atomic mass is 9.59. The van der Waals surface area contributed by atoms with Gasteiger partial charge in [-0.25, -0.2) is 0 Å². The fraction of sp³-hybridized carbons (Fsp3) is 0.421. The van der Waals surface area contributed by atoms with Crippen molar-refractivity contribution < 1.29 is 0 Å². The van der Waals surface area contributed by atoms with E-state index < -0.39 is 0 Å². The largest absolute Gasteiger partial charge is 0.313 e. The lowest BCUT2D eigenvalue weighted by Crippen LogP contribution is -2.53. The van der Waals surface area contributed by atoms with Gasteiger partial charge in [-0.2, -0.15) is 0 Å². The van der Waals surface area contributed by atoms with Gasteiger partial charge in [-0.05, 0) is 49.1 Å². The van der Waals surface area contributed by atoms with Crippen molar-refractivity contribution in [2.45, 2.75) is 44.1 Å². The van der Waals surface area contributed by atoms with E-state index in [4.69, 9.17) is 0 Å². The molecule has 1 aliphatic rings. The van der Waals surface area contributed by atoms with Crippen molar-refractivity contribution >= 4 is 0 Å². The van der Waals surface area contributed by atoms with E-state index >= 15 is 0 Å². The molecule has 1 unspecified atom stereocenters. The van der Waals surface area contributed by atoms with E-state index in [1.54, 1.807) is 0 Å². The predicted octanol–water partition coefficient (Wildman–Crippen LogP) is 3.72. The second kappa shape index (κ2) is 6.40. The summed E-state index contributed by atoms with van der Waals surface area (Å²) in [5.41, 5.74) is 3.18. The summed E-state index contributed by atoms with van der Waals surface area (Å²) in [6.45, 7) is 3.22. The molecule has 1 saturated carbocycles. The lowest BCUT2D eigenvalue weighted by Gasteiger charge is -2.49. The van der Waals surface area contributed by atoms with Crippen LogP contribution in [0.3, 0.4) is 0 Å². The Morgan fingerprint density at radius 2 is 1.81 bits per heavy atom. The van der Waals surface area contributed by atoms with Crippen molar-refractivity contribution in [3.63, 3.8) is 0 Å². The molecule has 0 aliphatic heterocycles. The molecule has 1 aromatic heterocycles. The Balaban J connectivity index is 1.88. The zero-order valence-electron chi connectivity index (χ0n) is 12.8. The molecule has 1 N–H and O–H groups in total. The van der Waals surface area contributed by atoms with Crippen molar-refractivity contribution in [2.24, 2.45) is 0 Å². The van der Waals surface area contributed by atoms with Gasteiger partial charge in [0.05, 0.1) is 0 Å². The third-order valence-electron chi connectivity index (χ3n) is 4.90. The summed E-state index contributed by atoms with van der Waals surface area (Å²) in [7, 11) is 0. The monoisotopic (exact) mass is 280 g/mol. The number of aromatic nitrogens is 1. The number of rotatable bonds is 6. The SMILES string of the molecule is CCNC(Cc1ccncc1)C1(c2ccccc2)CCC1. The van der Waals surface area contributed by atoms with Crippen molar-refractivity contribution in [1.82, 2.24) is 10.3 Å². The first-order valence-corrected chi connectivity index (χ1v) is 8.03. The maximum absolute atomic E-state index is 4.13. The first-order chi connectivity index (χ1) is 10.3. The van der Waals surface area contributed by atoms with Gasteiger partial charge in [0.1, 0.15) is 0 Å². The molecule has 21 heavy (non-hydrogen) atoms. The summed E-state index contributed by atoms with van der Waals surface area (Å²) in [5, 5.41) is 3.75. The highest BCUT2D eigenvalue weighted by Crippen LogP contribution is 2.47. The summed E-state index contributed by atoms with van der Waals surface area (Å²) in [6, 6.07) is 15.8. The van der Waals surface area contributed by atoms with Gasteiger partial charge < -0.3 is 5.32 Å². The quantitative estimate of drug-likeness (QED) is 0.872. The van der Waals surface area contributed by atoms with Crippen LogP contribution >= 0.6 is 0 Å². The summed E-state index contributed by atoms with van der Waals surface area (Å²) in [4.78, 5) is 4.13. The highest BCUT2D eigenvalue weighted by Gasteiger charge is 2.44. The van der Waals surface area contributed by atoms with E-state index in [9.17, 15) is 0 Å². The van der Waals surface area contributed by atoms with Crippen molar-refractivity contribution in [3.8, 4) is 0 Å². The molecular weight excluding hydrogens is 256 g/mol. The maximum atomic E-state index is 4.13. The van der Waals surface area contributed by atoms with Gasteiger partial charge in [-0.3, -0.25) is 4.98 Å². The Labute approximate surface area is 127 Å². The van der Waals surface area contributed by atoms with Crippen LogP contribution in [0.15, 0.2) is 54.9 Å². The number of hydrogen-bond donors (Lipinski definition) is 1. The predicted molar refractivity (Wildman–Crippen MR) is 87.4 cm³/mol. The fourth-order valence-corrected chi connectivity index (χ4v) is 3.63. The van der Waals surface area contributed by atoms with E-state index in [2.05, 4.69) is 59.7 Å². The first kappa shape index (κ1) is 14.3. The molecule has 0 amide bonds. The molecule has 2 heteroatoms. The minimum atomic E-state index is 0.306. The Bertz CT molecular complexity index is 546. The van der Waals surface area contributed by atoms with Crippen LogP contribution in [0.5, 0.6) is 0 Å². The molecular formula is C19H24N2. The first-order valence-electron chi connectivity index (χ1n) is 8.03. The van der Waals surface area contributed by atoms with Gasteiger partial charge in [-0.15, -0.1) is 0 Å². The van der Waals surface area contributed by atoms with Crippen molar-refractivity contribution in [3.05, 3.63) is 66.0 Å². The molecule has 0 bridgehead atoms. The summed E-state index contributed by atoms with van der Waals surface area (Å²) < 4.78 is 0. The molecule has 110 valence electrons. The molecule has 2 aromatic rings. The van der Waals surface area contributed by atoms with E-state index in [-0.39, 0.29) is 0 Å². The Morgan fingerprint density at radius 3 is 2.38 bits per heavy atom. The maximum Gasteiger partial charge on any atom is 0.0270 e. The molecule has 3 rings (SSSR count). The van der Waals surface area contributed by atoms with Gasteiger partial charge in [0.15, 0.2) is 0 Å². The number of pyridine rings is 1. The molecule has 1 fully saturated rings. The molecule has 1 aliphatic carbocycles. The molecule has 1 atom stereocenters. The van der Waals surface area contributed by atoms with Gasteiger partial charge in [0, 0.05) is 23.9 Å². The highest BCUT2D eigenvalue weighted by molar-refractivity contribution is 5.32. The molecule has 0 spiro atoms. The second-order valence-electron chi connectivity index (χ2n) is 6.05. The van der Waals surface area contributed by atoms with Crippen LogP contribution in [0.1, 0.15) is 37.3 Å². The van der Waals surface area contributed by atoms with Gasteiger partial charge in [-0.1, -0.05) is 43.7 Å². The number of nitrogens with zero attached hydrogens (tertiary/aromatic N) is 1. The second-order valence-corrected chi connectivity index (χ2v) is 6.05. The number of benzene rings is 1. The third-order valence-corrected chi connectivity index (χ3v) is 4.90. The minimum Gasteiger partial charge on any atom is -0.313 e. The average Bonchev–Trinajstić information content (AvgIpc) is 2.48. The summed E-state index contributed by atoms with van der Waals surface area (Å²) >= 11 is 0. The zero-order chi connectivity index (χ0) is 14.5. The summed E-state index contributed by atoms with van der Waals surface area (Å²) in [6.07, 6.45) is 8.79. The Morgan fingerprint density at radius 1 is 1.10 bits per heavy atom. The number of nitrogens with one attached hydrogen (secondary N) is 1.